The average molecular weight is 226 g/mol. The number of fused-ring (bicyclic) bond motifs is 2. The van der Waals surface area contributed by atoms with Gasteiger partial charge in [0.15, 0.2) is 0 Å². The third-order valence-corrected chi connectivity index (χ3v) is 3.27. The Balaban J connectivity index is 2.52. The van der Waals surface area contributed by atoms with E-state index in [1.54, 1.807) is 6.07 Å². The van der Waals surface area contributed by atoms with Crippen LogP contribution in [-0.4, -0.2) is 11.9 Å². The fourth-order valence-corrected chi connectivity index (χ4v) is 2.37. The molecule has 0 amide bonds. The van der Waals surface area contributed by atoms with E-state index in [1.807, 2.05) is 32.0 Å². The molecular formula is C14H10O3. The second kappa shape index (κ2) is 3.17. The summed E-state index contributed by atoms with van der Waals surface area (Å²) in [4.78, 5) is 23.1. The number of rotatable bonds is 0. The summed E-state index contributed by atoms with van der Waals surface area (Å²) >= 11 is 0. The van der Waals surface area contributed by atoms with Crippen LogP contribution < -0.4 is 0 Å². The zero-order chi connectivity index (χ0) is 12.2. The van der Waals surface area contributed by atoms with Gasteiger partial charge in [-0.25, -0.2) is 9.59 Å². The van der Waals surface area contributed by atoms with E-state index in [0.29, 0.717) is 11.1 Å². The molecule has 0 saturated heterocycles. The van der Waals surface area contributed by atoms with Crippen LogP contribution >= 0.6 is 0 Å². The summed E-state index contributed by atoms with van der Waals surface area (Å²) in [7, 11) is 0. The first-order valence-corrected chi connectivity index (χ1v) is 5.39. The lowest BCUT2D eigenvalue weighted by molar-refractivity contribution is 0.0443. The number of carbonyl (C=O) groups excluding carboxylic acids is 2. The normalized spacial score (nSPS) is 14.0. The maximum atomic E-state index is 11.6. The topological polar surface area (TPSA) is 43.4 Å². The molecule has 3 heteroatoms. The van der Waals surface area contributed by atoms with Crippen molar-refractivity contribution < 1.29 is 14.3 Å². The monoisotopic (exact) mass is 226 g/mol. The van der Waals surface area contributed by atoms with Gasteiger partial charge in [-0.1, -0.05) is 18.2 Å². The highest BCUT2D eigenvalue weighted by atomic mass is 16.6. The van der Waals surface area contributed by atoms with Crippen molar-refractivity contribution in [3.05, 3.63) is 46.5 Å². The maximum absolute atomic E-state index is 11.6. The lowest BCUT2D eigenvalue weighted by Crippen LogP contribution is -1.98. The van der Waals surface area contributed by atoms with Crippen molar-refractivity contribution in [2.24, 2.45) is 0 Å². The smallest absolute Gasteiger partial charge is 0.347 e. The van der Waals surface area contributed by atoms with Gasteiger partial charge in [0.2, 0.25) is 0 Å². The Kier molecular flexibility index (Phi) is 1.87. The number of hydrogen-bond acceptors (Lipinski definition) is 3. The molecule has 0 unspecified atom stereocenters. The quantitative estimate of drug-likeness (QED) is 0.512. The molecule has 0 aliphatic carbocycles. The predicted molar refractivity (Wildman–Crippen MR) is 63.2 cm³/mol. The standard InChI is InChI=1S/C14H10O3/c1-7-4-3-5-9-8(2)12-11(6-10(7)9)13(15)17-14(12)16/h3-6H,1-2H3. The molecule has 3 rings (SSSR count). The number of hydrogen-bond donors (Lipinski definition) is 0. The molecule has 1 heterocycles. The molecule has 1 aliphatic heterocycles. The van der Waals surface area contributed by atoms with Crippen molar-refractivity contribution in [1.29, 1.82) is 0 Å². The summed E-state index contributed by atoms with van der Waals surface area (Å²) in [6.45, 7) is 3.83. The van der Waals surface area contributed by atoms with Gasteiger partial charge in [0.25, 0.3) is 0 Å². The van der Waals surface area contributed by atoms with Crippen molar-refractivity contribution in [1.82, 2.24) is 0 Å². The molecule has 0 aromatic heterocycles. The molecule has 84 valence electrons. The second-order valence-corrected chi connectivity index (χ2v) is 4.27. The summed E-state index contributed by atoms with van der Waals surface area (Å²) in [6.07, 6.45) is 0. The Morgan fingerprint density at radius 2 is 1.76 bits per heavy atom. The first kappa shape index (κ1) is 10.0. The minimum absolute atomic E-state index is 0.384. The average Bonchev–Trinajstić information content (AvgIpc) is 2.57. The molecule has 1 aliphatic rings. The van der Waals surface area contributed by atoms with E-state index in [1.165, 1.54) is 0 Å². The van der Waals surface area contributed by atoms with E-state index in [-0.39, 0.29) is 0 Å². The van der Waals surface area contributed by atoms with Gasteiger partial charge in [0.05, 0.1) is 11.1 Å². The molecule has 17 heavy (non-hydrogen) atoms. The summed E-state index contributed by atoms with van der Waals surface area (Å²) in [6, 6.07) is 7.63. The molecule has 3 nitrogen and oxygen atoms in total. The molecule has 0 spiro atoms. The Hall–Kier alpha value is -2.16. The van der Waals surface area contributed by atoms with Crippen molar-refractivity contribution in [3.8, 4) is 0 Å². The number of ether oxygens (including phenoxy) is 1. The highest BCUT2D eigenvalue weighted by Gasteiger charge is 2.32. The number of benzene rings is 2. The second-order valence-electron chi connectivity index (χ2n) is 4.27. The van der Waals surface area contributed by atoms with Gasteiger partial charge in [0.1, 0.15) is 0 Å². The van der Waals surface area contributed by atoms with E-state index in [2.05, 4.69) is 4.74 Å². The molecule has 0 saturated carbocycles. The lowest BCUT2D eigenvalue weighted by atomic mass is 9.94. The van der Waals surface area contributed by atoms with Crippen LogP contribution in [-0.2, 0) is 4.74 Å². The highest BCUT2D eigenvalue weighted by Crippen LogP contribution is 2.31. The van der Waals surface area contributed by atoms with E-state index in [4.69, 9.17) is 0 Å². The predicted octanol–water partition coefficient (Wildman–Crippen LogP) is 2.77. The van der Waals surface area contributed by atoms with Crippen molar-refractivity contribution in [2.45, 2.75) is 13.8 Å². The minimum Gasteiger partial charge on any atom is -0.386 e. The fourth-order valence-electron chi connectivity index (χ4n) is 2.37. The fraction of sp³-hybridized carbons (Fsp3) is 0.143. The SMILES string of the molecule is Cc1cccc2c(C)c3c(cc12)C(=O)OC3=O. The molecular weight excluding hydrogens is 216 g/mol. The van der Waals surface area contributed by atoms with Crippen LogP contribution in [0.2, 0.25) is 0 Å². The Morgan fingerprint density at radius 3 is 2.53 bits per heavy atom. The van der Waals surface area contributed by atoms with Crippen LogP contribution in [0.3, 0.4) is 0 Å². The van der Waals surface area contributed by atoms with Crippen molar-refractivity contribution >= 4 is 22.7 Å². The van der Waals surface area contributed by atoms with Crippen molar-refractivity contribution in [3.63, 3.8) is 0 Å². The molecule has 0 N–H and O–H groups in total. The van der Waals surface area contributed by atoms with Crippen LogP contribution in [0, 0.1) is 13.8 Å². The molecule has 2 aromatic carbocycles. The first-order valence-electron chi connectivity index (χ1n) is 5.39. The molecule has 0 radical (unpaired) electrons. The third-order valence-electron chi connectivity index (χ3n) is 3.27. The number of esters is 2. The van der Waals surface area contributed by atoms with Gasteiger partial charge in [-0.2, -0.15) is 0 Å². The Bertz CT molecular complexity index is 683. The van der Waals surface area contributed by atoms with Crippen LogP contribution in [0.25, 0.3) is 10.8 Å². The third kappa shape index (κ3) is 1.22. The van der Waals surface area contributed by atoms with Gasteiger partial charge in [-0.05, 0) is 41.8 Å². The summed E-state index contributed by atoms with van der Waals surface area (Å²) in [5.74, 6) is -1.08. The highest BCUT2D eigenvalue weighted by molar-refractivity contribution is 6.18. The molecule has 0 atom stereocenters. The molecule has 0 fully saturated rings. The van der Waals surface area contributed by atoms with Crippen LogP contribution in [0.5, 0.6) is 0 Å². The maximum Gasteiger partial charge on any atom is 0.347 e. The van der Waals surface area contributed by atoms with E-state index >= 15 is 0 Å². The summed E-state index contributed by atoms with van der Waals surface area (Å²) in [5, 5.41) is 1.99. The van der Waals surface area contributed by atoms with E-state index in [9.17, 15) is 9.59 Å². The largest absolute Gasteiger partial charge is 0.386 e. The van der Waals surface area contributed by atoms with E-state index in [0.717, 1.165) is 21.9 Å². The number of cyclic esters (lactones) is 2. The van der Waals surface area contributed by atoms with Gasteiger partial charge in [-0.15, -0.1) is 0 Å². The summed E-state index contributed by atoms with van der Waals surface area (Å²) < 4.78 is 4.65. The molecule has 2 aromatic rings. The lowest BCUT2D eigenvalue weighted by Gasteiger charge is -2.07. The van der Waals surface area contributed by atoms with Crippen LogP contribution in [0.15, 0.2) is 24.3 Å². The first-order chi connectivity index (χ1) is 8.09. The molecule has 0 bridgehead atoms. The van der Waals surface area contributed by atoms with Gasteiger partial charge in [-0.3, -0.25) is 0 Å². The van der Waals surface area contributed by atoms with Gasteiger partial charge in [0, 0.05) is 0 Å². The Morgan fingerprint density at radius 1 is 1.00 bits per heavy atom. The summed E-state index contributed by atoms with van der Waals surface area (Å²) in [5.41, 5.74) is 2.69. The van der Waals surface area contributed by atoms with Crippen LogP contribution in [0.1, 0.15) is 31.8 Å². The number of aryl methyl sites for hydroxylation is 2. The van der Waals surface area contributed by atoms with Crippen LogP contribution in [0.4, 0.5) is 0 Å². The van der Waals surface area contributed by atoms with Crippen molar-refractivity contribution in [2.75, 3.05) is 0 Å². The van der Waals surface area contributed by atoms with Gasteiger partial charge < -0.3 is 4.74 Å². The minimum atomic E-state index is -0.543. The zero-order valence-corrected chi connectivity index (χ0v) is 9.53. The zero-order valence-electron chi connectivity index (χ0n) is 9.53. The van der Waals surface area contributed by atoms with E-state index < -0.39 is 11.9 Å². The number of carbonyl (C=O) groups is 2. The Labute approximate surface area is 98.0 Å². The van der Waals surface area contributed by atoms with Gasteiger partial charge >= 0.3 is 11.9 Å².